The molecule has 4 N–H and O–H groups in total. The first-order valence-electron chi connectivity index (χ1n) is 8.41. The van der Waals surface area contributed by atoms with Crippen LogP contribution in [0.4, 0.5) is 0 Å². The molecule has 2 rings (SSSR count). The van der Waals surface area contributed by atoms with E-state index >= 15 is 0 Å². The molecule has 0 bridgehead atoms. The Morgan fingerprint density at radius 3 is 2.07 bits per heavy atom. The lowest BCUT2D eigenvalue weighted by Gasteiger charge is -2.14. The number of benzene rings is 2. The molecular weight excluding hydrogens is 425 g/mol. The van der Waals surface area contributed by atoms with E-state index in [1.54, 1.807) is 18.2 Å². The molecule has 0 aromatic heterocycles. The maximum atomic E-state index is 9.84. The molecule has 0 amide bonds. The van der Waals surface area contributed by atoms with Gasteiger partial charge in [-0.1, -0.05) is 47.5 Å². The highest BCUT2D eigenvalue weighted by Crippen LogP contribution is 2.32. The van der Waals surface area contributed by atoms with E-state index in [1.807, 2.05) is 30.3 Å². The first kappa shape index (κ1) is 24.5. The fraction of sp³-hybridized carbons (Fsp3) is 0.263. The van der Waals surface area contributed by atoms with Crippen LogP contribution in [0.1, 0.15) is 0 Å². The average molecular weight is 446 g/mol. The van der Waals surface area contributed by atoms with Crippen molar-refractivity contribution in [1.82, 2.24) is 5.32 Å². The quantitative estimate of drug-likeness (QED) is 0.342. The van der Waals surface area contributed by atoms with Crippen molar-refractivity contribution in [3.05, 3.63) is 58.6 Å². The molecule has 8 nitrogen and oxygen atoms in total. The number of carboxylic acids is 2. The zero-order valence-corrected chi connectivity index (χ0v) is 16.8. The number of para-hydroxylation sites is 2. The van der Waals surface area contributed by atoms with E-state index in [4.69, 9.17) is 52.5 Å². The van der Waals surface area contributed by atoms with E-state index in [9.17, 15) is 5.11 Å². The number of hydrogen-bond acceptors (Lipinski definition) is 6. The number of aliphatic hydroxyl groups excluding tert-OH is 1. The van der Waals surface area contributed by atoms with Crippen LogP contribution >= 0.6 is 23.2 Å². The highest BCUT2D eigenvalue weighted by Gasteiger charge is 2.07. The van der Waals surface area contributed by atoms with Crippen molar-refractivity contribution in [3.8, 4) is 11.5 Å². The van der Waals surface area contributed by atoms with E-state index < -0.39 is 18.0 Å². The van der Waals surface area contributed by atoms with E-state index in [0.717, 1.165) is 5.75 Å². The molecule has 0 fully saturated rings. The summed E-state index contributed by atoms with van der Waals surface area (Å²) in [5.74, 6) is -2.43. The van der Waals surface area contributed by atoms with Crippen LogP contribution in [0.3, 0.4) is 0 Å². The number of hydrogen-bond donors (Lipinski definition) is 4. The Morgan fingerprint density at radius 1 is 0.931 bits per heavy atom. The van der Waals surface area contributed by atoms with Crippen molar-refractivity contribution in [2.24, 2.45) is 0 Å². The summed E-state index contributed by atoms with van der Waals surface area (Å²) in [6.45, 7) is 1.60. The van der Waals surface area contributed by atoms with Gasteiger partial charge < -0.3 is 30.1 Å². The van der Waals surface area contributed by atoms with E-state index in [2.05, 4.69) is 5.32 Å². The summed E-state index contributed by atoms with van der Waals surface area (Å²) in [4.78, 5) is 18.2. The van der Waals surface area contributed by atoms with Gasteiger partial charge in [-0.3, -0.25) is 0 Å². The first-order chi connectivity index (χ1) is 13.8. The second-order valence-electron chi connectivity index (χ2n) is 5.49. The molecule has 0 radical (unpaired) electrons. The Hall–Kier alpha value is -2.52. The van der Waals surface area contributed by atoms with Crippen molar-refractivity contribution in [1.29, 1.82) is 0 Å². The number of carboxylic acid groups (broad SMARTS) is 2. The SMILES string of the molecule is O=C(O)C(=O)O.OC(CNCCOc1c(Cl)cccc1Cl)COc1ccccc1. The number of carbonyl (C=O) groups is 2. The van der Waals surface area contributed by atoms with Gasteiger partial charge in [-0.2, -0.15) is 0 Å². The summed E-state index contributed by atoms with van der Waals surface area (Å²) in [7, 11) is 0. The molecule has 2 aromatic rings. The molecule has 1 unspecified atom stereocenters. The molecule has 158 valence electrons. The van der Waals surface area contributed by atoms with Crippen LogP contribution in [-0.2, 0) is 9.59 Å². The second-order valence-corrected chi connectivity index (χ2v) is 6.31. The summed E-state index contributed by atoms with van der Waals surface area (Å²) < 4.78 is 11.0. The van der Waals surface area contributed by atoms with Crippen molar-refractivity contribution >= 4 is 35.1 Å². The molecule has 2 aromatic carbocycles. The van der Waals surface area contributed by atoms with Gasteiger partial charge in [-0.05, 0) is 24.3 Å². The Labute approximate surface area is 177 Å². The number of aliphatic carboxylic acids is 2. The van der Waals surface area contributed by atoms with Gasteiger partial charge in [0, 0.05) is 13.1 Å². The Balaban J connectivity index is 0.000000612. The number of nitrogens with one attached hydrogen (secondary N) is 1. The van der Waals surface area contributed by atoms with E-state index in [-0.39, 0.29) is 6.61 Å². The summed E-state index contributed by atoms with van der Waals surface area (Å²) in [6, 6.07) is 14.6. The molecule has 1 atom stereocenters. The number of aliphatic hydroxyl groups is 1. The van der Waals surface area contributed by atoms with Gasteiger partial charge in [0.05, 0.1) is 10.0 Å². The van der Waals surface area contributed by atoms with Crippen LogP contribution in [-0.4, -0.2) is 59.7 Å². The van der Waals surface area contributed by atoms with Crippen LogP contribution in [0.2, 0.25) is 10.0 Å². The van der Waals surface area contributed by atoms with Crippen LogP contribution < -0.4 is 14.8 Å². The van der Waals surface area contributed by atoms with Gasteiger partial charge in [-0.15, -0.1) is 0 Å². The van der Waals surface area contributed by atoms with Crippen molar-refractivity contribution in [3.63, 3.8) is 0 Å². The van der Waals surface area contributed by atoms with Crippen LogP contribution in [0.15, 0.2) is 48.5 Å². The van der Waals surface area contributed by atoms with Crippen LogP contribution in [0.25, 0.3) is 0 Å². The summed E-state index contributed by atoms with van der Waals surface area (Å²) >= 11 is 12.0. The molecule has 0 saturated heterocycles. The smallest absolute Gasteiger partial charge is 0.414 e. The molecule has 0 aliphatic heterocycles. The summed E-state index contributed by atoms with van der Waals surface area (Å²) in [6.07, 6.45) is -0.598. The van der Waals surface area contributed by atoms with Crippen LogP contribution in [0, 0.1) is 0 Å². The Morgan fingerprint density at radius 2 is 1.52 bits per heavy atom. The fourth-order valence-electron chi connectivity index (χ4n) is 1.88. The van der Waals surface area contributed by atoms with Gasteiger partial charge in [0.25, 0.3) is 0 Å². The maximum Gasteiger partial charge on any atom is 0.414 e. The summed E-state index contributed by atoms with van der Waals surface area (Å²) in [5.41, 5.74) is 0. The van der Waals surface area contributed by atoms with Crippen LogP contribution in [0.5, 0.6) is 11.5 Å². The molecular formula is C19H21Cl2NO7. The van der Waals surface area contributed by atoms with E-state index in [0.29, 0.717) is 35.5 Å². The number of halogens is 2. The minimum atomic E-state index is -1.82. The third-order valence-corrected chi connectivity index (χ3v) is 3.79. The molecule has 0 aliphatic carbocycles. The molecule has 10 heteroatoms. The predicted octanol–water partition coefficient (Wildman–Crippen LogP) is 2.56. The average Bonchev–Trinajstić information content (AvgIpc) is 2.69. The van der Waals surface area contributed by atoms with Crippen molar-refractivity contribution in [2.75, 3.05) is 26.3 Å². The summed E-state index contributed by atoms with van der Waals surface area (Å²) in [5, 5.41) is 28.7. The fourth-order valence-corrected chi connectivity index (χ4v) is 2.39. The second kappa shape index (κ2) is 13.6. The minimum absolute atomic E-state index is 0.230. The van der Waals surface area contributed by atoms with Gasteiger partial charge in [0.1, 0.15) is 25.1 Å². The highest BCUT2D eigenvalue weighted by atomic mass is 35.5. The zero-order valence-electron chi connectivity index (χ0n) is 15.3. The molecule has 0 aliphatic rings. The topological polar surface area (TPSA) is 125 Å². The zero-order chi connectivity index (χ0) is 21.6. The van der Waals surface area contributed by atoms with E-state index in [1.165, 1.54) is 0 Å². The lowest BCUT2D eigenvalue weighted by molar-refractivity contribution is -0.159. The van der Waals surface area contributed by atoms with Gasteiger partial charge >= 0.3 is 11.9 Å². The van der Waals surface area contributed by atoms with Crippen molar-refractivity contribution in [2.45, 2.75) is 6.10 Å². The lowest BCUT2D eigenvalue weighted by Crippen LogP contribution is -2.33. The monoisotopic (exact) mass is 445 g/mol. The lowest BCUT2D eigenvalue weighted by atomic mass is 10.3. The normalized spacial score (nSPS) is 11.0. The Kier molecular flexibility index (Phi) is 11.5. The standard InChI is InChI=1S/C17H19Cl2NO3.C2H2O4/c18-15-7-4-8-16(19)17(15)22-10-9-20-11-13(21)12-23-14-5-2-1-3-6-14;3-1(4)2(5)6/h1-8,13,20-21H,9-12H2;(H,3,4)(H,5,6). The molecule has 0 saturated carbocycles. The van der Waals surface area contributed by atoms with Gasteiger partial charge in [0.2, 0.25) is 0 Å². The molecule has 0 heterocycles. The third-order valence-electron chi connectivity index (χ3n) is 3.19. The Bertz CT molecular complexity index is 742. The van der Waals surface area contributed by atoms with Gasteiger partial charge in [-0.25, -0.2) is 9.59 Å². The molecule has 29 heavy (non-hydrogen) atoms. The minimum Gasteiger partial charge on any atom is -0.491 e. The number of rotatable bonds is 9. The predicted molar refractivity (Wildman–Crippen MR) is 108 cm³/mol. The molecule has 0 spiro atoms. The largest absolute Gasteiger partial charge is 0.491 e. The van der Waals surface area contributed by atoms with Gasteiger partial charge in [0.15, 0.2) is 5.75 Å². The number of ether oxygens (including phenoxy) is 2. The highest BCUT2D eigenvalue weighted by molar-refractivity contribution is 6.37. The first-order valence-corrected chi connectivity index (χ1v) is 9.16. The third kappa shape index (κ3) is 10.6. The van der Waals surface area contributed by atoms with Crippen molar-refractivity contribution < 1.29 is 34.4 Å². The maximum absolute atomic E-state index is 9.84.